The zero-order valence-corrected chi connectivity index (χ0v) is 20.5. The molecule has 1 fully saturated rings. The molecule has 2 aromatic heterocycles. The third-order valence-electron chi connectivity index (χ3n) is 6.13. The minimum absolute atomic E-state index is 0.139. The number of hydrogen-bond acceptors (Lipinski definition) is 6. The maximum Gasteiger partial charge on any atom is 0.235 e. The molecule has 0 spiro atoms. The summed E-state index contributed by atoms with van der Waals surface area (Å²) in [5.74, 6) is 0.848. The number of amides is 1. The number of rotatable bonds is 7. The molecule has 5 rings (SSSR count). The monoisotopic (exact) mass is 484 g/mol. The van der Waals surface area contributed by atoms with E-state index in [1.165, 1.54) is 17.3 Å². The van der Waals surface area contributed by atoms with Gasteiger partial charge in [-0.1, -0.05) is 60.3 Å². The molecule has 2 aromatic carbocycles. The van der Waals surface area contributed by atoms with Crippen LogP contribution in [0.4, 0.5) is 0 Å². The summed E-state index contributed by atoms with van der Waals surface area (Å²) in [7, 11) is 0. The number of piperazine rings is 1. The maximum absolute atomic E-state index is 13.3. The summed E-state index contributed by atoms with van der Waals surface area (Å²) in [4.78, 5) is 21.9. The van der Waals surface area contributed by atoms with Crippen LogP contribution in [0, 0.1) is 0 Å². The zero-order valence-electron chi connectivity index (χ0n) is 19.7. The van der Waals surface area contributed by atoms with Crippen LogP contribution in [0.15, 0.2) is 90.3 Å². The maximum atomic E-state index is 13.3. The van der Waals surface area contributed by atoms with E-state index in [4.69, 9.17) is 0 Å². The van der Waals surface area contributed by atoms with Crippen molar-refractivity contribution in [2.24, 2.45) is 0 Å². The molecule has 1 aliphatic rings. The number of benzene rings is 2. The van der Waals surface area contributed by atoms with Crippen molar-refractivity contribution in [3.8, 4) is 17.1 Å². The van der Waals surface area contributed by atoms with E-state index in [1.807, 2.05) is 64.9 Å². The molecule has 1 saturated heterocycles. The molecule has 1 aliphatic heterocycles. The van der Waals surface area contributed by atoms with Crippen molar-refractivity contribution in [2.45, 2.75) is 23.9 Å². The molecule has 1 atom stereocenters. The van der Waals surface area contributed by atoms with Gasteiger partial charge in [-0.25, -0.2) is 0 Å². The highest BCUT2D eigenvalue weighted by atomic mass is 32.2. The Hall–Kier alpha value is -3.49. The standard InChI is InChI=1S/C27H28N6OS/c1-21(26(34)32-17-15-31(16-18-32)20-22-9-4-2-5-10-22)35-27-30-29-25(23-11-8-14-28-19-23)33(27)24-12-6-3-7-13-24/h2-14,19,21H,15-18,20H2,1H3. The van der Waals surface area contributed by atoms with Crippen molar-refractivity contribution in [2.75, 3.05) is 26.2 Å². The molecule has 0 saturated carbocycles. The molecule has 0 radical (unpaired) electrons. The largest absolute Gasteiger partial charge is 0.339 e. The fourth-order valence-corrected chi connectivity index (χ4v) is 5.22. The van der Waals surface area contributed by atoms with Gasteiger partial charge in [0.15, 0.2) is 11.0 Å². The second-order valence-corrected chi connectivity index (χ2v) is 9.87. The van der Waals surface area contributed by atoms with E-state index >= 15 is 0 Å². The third kappa shape index (κ3) is 5.44. The molecular formula is C27H28N6OS. The smallest absolute Gasteiger partial charge is 0.235 e. The van der Waals surface area contributed by atoms with Crippen LogP contribution in [-0.4, -0.2) is 66.9 Å². The highest BCUT2D eigenvalue weighted by molar-refractivity contribution is 8.00. The SMILES string of the molecule is CC(Sc1nnc(-c2cccnc2)n1-c1ccccc1)C(=O)N1CCN(Cc2ccccc2)CC1. The molecule has 1 unspecified atom stereocenters. The van der Waals surface area contributed by atoms with E-state index in [0.717, 1.165) is 44.0 Å². The third-order valence-corrected chi connectivity index (χ3v) is 7.16. The van der Waals surface area contributed by atoms with E-state index < -0.39 is 0 Å². The van der Waals surface area contributed by atoms with Crippen LogP contribution >= 0.6 is 11.8 Å². The van der Waals surface area contributed by atoms with Crippen molar-refractivity contribution >= 4 is 17.7 Å². The Kier molecular flexibility index (Phi) is 7.20. The summed E-state index contributed by atoms with van der Waals surface area (Å²) >= 11 is 1.45. The van der Waals surface area contributed by atoms with Gasteiger partial charge in [-0.3, -0.25) is 19.2 Å². The second-order valence-electron chi connectivity index (χ2n) is 8.57. The predicted molar refractivity (Wildman–Crippen MR) is 138 cm³/mol. The summed E-state index contributed by atoms with van der Waals surface area (Å²) in [6, 6.07) is 24.3. The first-order chi connectivity index (χ1) is 17.2. The average molecular weight is 485 g/mol. The number of aromatic nitrogens is 4. The van der Waals surface area contributed by atoms with Gasteiger partial charge in [-0.05, 0) is 36.8 Å². The molecule has 1 amide bonds. The van der Waals surface area contributed by atoms with Gasteiger partial charge < -0.3 is 4.90 Å². The van der Waals surface area contributed by atoms with Crippen LogP contribution < -0.4 is 0 Å². The molecular weight excluding hydrogens is 456 g/mol. The topological polar surface area (TPSA) is 67.2 Å². The van der Waals surface area contributed by atoms with Crippen LogP contribution in [0.1, 0.15) is 12.5 Å². The quantitative estimate of drug-likeness (QED) is 0.367. The van der Waals surface area contributed by atoms with Crippen molar-refractivity contribution < 1.29 is 4.79 Å². The summed E-state index contributed by atoms with van der Waals surface area (Å²) in [5, 5.41) is 9.34. The van der Waals surface area contributed by atoms with Gasteiger partial charge in [0, 0.05) is 56.4 Å². The van der Waals surface area contributed by atoms with Crippen LogP contribution in [0.3, 0.4) is 0 Å². The van der Waals surface area contributed by atoms with Crippen LogP contribution in [0.2, 0.25) is 0 Å². The number of thioether (sulfide) groups is 1. The minimum atomic E-state index is -0.274. The normalized spacial score (nSPS) is 15.2. The number of carbonyl (C=O) groups is 1. The van der Waals surface area contributed by atoms with E-state index in [0.29, 0.717) is 11.0 Å². The van der Waals surface area contributed by atoms with Crippen molar-refractivity contribution in [3.63, 3.8) is 0 Å². The van der Waals surface area contributed by atoms with Gasteiger partial charge in [-0.15, -0.1) is 10.2 Å². The Morgan fingerprint density at radius 2 is 1.63 bits per heavy atom. The van der Waals surface area contributed by atoms with Crippen LogP contribution in [0.5, 0.6) is 0 Å². The number of hydrogen-bond donors (Lipinski definition) is 0. The lowest BCUT2D eigenvalue weighted by Gasteiger charge is -2.35. The average Bonchev–Trinajstić information content (AvgIpc) is 3.33. The molecule has 0 bridgehead atoms. The molecule has 0 aliphatic carbocycles. The van der Waals surface area contributed by atoms with Crippen LogP contribution in [-0.2, 0) is 11.3 Å². The van der Waals surface area contributed by atoms with Crippen LogP contribution in [0.25, 0.3) is 17.1 Å². The fourth-order valence-electron chi connectivity index (χ4n) is 4.27. The van der Waals surface area contributed by atoms with E-state index in [-0.39, 0.29) is 11.2 Å². The summed E-state index contributed by atoms with van der Waals surface area (Å²) < 4.78 is 2.00. The van der Waals surface area contributed by atoms with Crippen molar-refractivity contribution in [1.29, 1.82) is 0 Å². The molecule has 35 heavy (non-hydrogen) atoms. The van der Waals surface area contributed by atoms with Gasteiger partial charge in [0.25, 0.3) is 0 Å². The summed E-state index contributed by atoms with van der Waals surface area (Å²) in [6.07, 6.45) is 3.52. The molecule has 0 N–H and O–H groups in total. The molecule has 7 nitrogen and oxygen atoms in total. The highest BCUT2D eigenvalue weighted by Gasteiger charge is 2.28. The number of para-hydroxylation sites is 1. The van der Waals surface area contributed by atoms with Crippen molar-refractivity contribution in [1.82, 2.24) is 29.5 Å². The lowest BCUT2D eigenvalue weighted by atomic mass is 10.2. The van der Waals surface area contributed by atoms with Crippen molar-refractivity contribution in [3.05, 3.63) is 90.8 Å². The van der Waals surface area contributed by atoms with E-state index in [1.54, 1.807) is 12.4 Å². The Bertz CT molecular complexity index is 1240. The first-order valence-electron chi connectivity index (χ1n) is 11.8. The van der Waals surface area contributed by atoms with E-state index in [9.17, 15) is 4.79 Å². The molecule has 3 heterocycles. The Morgan fingerprint density at radius 1 is 0.914 bits per heavy atom. The summed E-state index contributed by atoms with van der Waals surface area (Å²) in [5.41, 5.74) is 3.14. The lowest BCUT2D eigenvalue weighted by molar-refractivity contribution is -0.132. The molecule has 178 valence electrons. The summed E-state index contributed by atoms with van der Waals surface area (Å²) in [6.45, 7) is 6.11. The minimum Gasteiger partial charge on any atom is -0.339 e. The lowest BCUT2D eigenvalue weighted by Crippen LogP contribution is -2.50. The predicted octanol–water partition coefficient (Wildman–Crippen LogP) is 4.15. The number of carbonyl (C=O) groups excluding carboxylic acids is 1. The Labute approximate surface area is 209 Å². The molecule has 8 heteroatoms. The number of pyridine rings is 1. The zero-order chi connectivity index (χ0) is 24.0. The van der Waals surface area contributed by atoms with Gasteiger partial charge in [0.05, 0.1) is 5.25 Å². The van der Waals surface area contributed by atoms with Gasteiger partial charge in [0.2, 0.25) is 5.91 Å². The van der Waals surface area contributed by atoms with Gasteiger partial charge in [0.1, 0.15) is 0 Å². The van der Waals surface area contributed by atoms with E-state index in [2.05, 4.69) is 44.3 Å². The Balaban J connectivity index is 1.28. The molecule has 4 aromatic rings. The Morgan fingerprint density at radius 3 is 2.31 bits per heavy atom. The highest BCUT2D eigenvalue weighted by Crippen LogP contribution is 2.30. The first kappa shape index (κ1) is 23.3. The van der Waals surface area contributed by atoms with Gasteiger partial charge >= 0.3 is 0 Å². The number of nitrogens with zero attached hydrogens (tertiary/aromatic N) is 6. The first-order valence-corrected chi connectivity index (χ1v) is 12.7. The fraction of sp³-hybridized carbons (Fsp3) is 0.259. The second kappa shape index (κ2) is 10.8. The van der Waals surface area contributed by atoms with Gasteiger partial charge in [-0.2, -0.15) is 0 Å².